The van der Waals surface area contributed by atoms with E-state index in [2.05, 4.69) is 0 Å². The van der Waals surface area contributed by atoms with Gasteiger partial charge >= 0.3 is 5.97 Å². The van der Waals surface area contributed by atoms with Crippen molar-refractivity contribution in [2.45, 2.75) is 45.6 Å². The molecule has 0 aromatic carbocycles. The van der Waals surface area contributed by atoms with Gasteiger partial charge in [-0.1, -0.05) is 0 Å². The van der Waals surface area contributed by atoms with Crippen LogP contribution in [0.5, 0.6) is 0 Å². The van der Waals surface area contributed by atoms with E-state index in [1.165, 1.54) is 15.7 Å². The molecule has 0 aliphatic carbocycles. The molecule has 0 aromatic rings. The zero-order valence-electron chi connectivity index (χ0n) is 14.1. The lowest BCUT2D eigenvalue weighted by Crippen LogP contribution is -2.54. The van der Waals surface area contributed by atoms with E-state index in [9.17, 15) is 18.3 Å². The second-order valence-electron chi connectivity index (χ2n) is 6.87. The van der Waals surface area contributed by atoms with E-state index in [0.717, 1.165) is 0 Å². The van der Waals surface area contributed by atoms with E-state index >= 15 is 0 Å². The topological polar surface area (TPSA) is 87.1 Å². The van der Waals surface area contributed by atoms with Crippen LogP contribution in [0.1, 0.15) is 40.0 Å². The Balaban J connectivity index is 2.85. The summed E-state index contributed by atoms with van der Waals surface area (Å²) in [6, 6.07) is 0. The Morgan fingerprint density at radius 2 is 1.82 bits per heavy atom. The number of aliphatic carboxylic acids is 1. The number of nitrogens with zero attached hydrogens (tertiary/aromatic N) is 2. The number of carboxylic acid groups (broad SMARTS) is 1. The first-order valence-corrected chi connectivity index (χ1v) is 8.83. The number of rotatable bonds is 6. The monoisotopic (exact) mass is 336 g/mol. The lowest BCUT2D eigenvalue weighted by atomic mass is 9.76. The number of ether oxygens (including phenoxy) is 1. The number of carbonyl (C=O) groups is 1. The SMILES string of the molecule is COCCC1(C(=O)O)CCN(S(=O)(=O)N(C)C(C)(C)C)CC1. The minimum Gasteiger partial charge on any atom is -0.481 e. The molecule has 22 heavy (non-hydrogen) atoms. The summed E-state index contributed by atoms with van der Waals surface area (Å²) < 4.78 is 32.9. The number of methoxy groups -OCH3 is 1. The zero-order chi connectivity index (χ0) is 17.2. The fraction of sp³-hybridized carbons (Fsp3) is 0.929. The molecule has 130 valence electrons. The zero-order valence-corrected chi connectivity index (χ0v) is 14.9. The molecule has 0 spiro atoms. The van der Waals surface area contributed by atoms with E-state index in [4.69, 9.17) is 4.74 Å². The Labute approximate surface area is 133 Å². The van der Waals surface area contributed by atoms with Crippen LogP contribution in [0.4, 0.5) is 0 Å². The average Bonchev–Trinajstić information content (AvgIpc) is 2.43. The molecule has 8 heteroatoms. The molecule has 1 aliphatic rings. The van der Waals surface area contributed by atoms with E-state index < -0.39 is 27.1 Å². The van der Waals surface area contributed by atoms with Gasteiger partial charge in [0, 0.05) is 39.4 Å². The second kappa shape index (κ2) is 6.82. The van der Waals surface area contributed by atoms with Gasteiger partial charge in [-0.15, -0.1) is 0 Å². The van der Waals surface area contributed by atoms with Gasteiger partial charge in [0.25, 0.3) is 10.2 Å². The van der Waals surface area contributed by atoms with Crippen molar-refractivity contribution in [2.75, 3.05) is 33.9 Å². The number of hydrogen-bond donors (Lipinski definition) is 1. The van der Waals surface area contributed by atoms with Crippen LogP contribution in [0.25, 0.3) is 0 Å². The van der Waals surface area contributed by atoms with Crippen LogP contribution in [-0.4, -0.2) is 67.5 Å². The lowest BCUT2D eigenvalue weighted by molar-refractivity contribution is -0.152. The Bertz CT molecular complexity index is 490. The Kier molecular flexibility index (Phi) is 6.00. The fourth-order valence-corrected chi connectivity index (χ4v) is 4.22. The molecule has 1 rings (SSSR count). The molecule has 1 N–H and O–H groups in total. The molecule has 1 aliphatic heterocycles. The van der Waals surface area contributed by atoms with Gasteiger partial charge < -0.3 is 9.84 Å². The van der Waals surface area contributed by atoms with Gasteiger partial charge in [0.1, 0.15) is 0 Å². The summed E-state index contributed by atoms with van der Waals surface area (Å²) in [4.78, 5) is 11.6. The molecule has 0 radical (unpaired) electrons. The highest BCUT2D eigenvalue weighted by molar-refractivity contribution is 7.86. The van der Waals surface area contributed by atoms with Crippen molar-refractivity contribution < 1.29 is 23.1 Å². The van der Waals surface area contributed by atoms with Crippen molar-refractivity contribution in [3.8, 4) is 0 Å². The van der Waals surface area contributed by atoms with Crippen molar-refractivity contribution in [3.05, 3.63) is 0 Å². The number of hydrogen-bond acceptors (Lipinski definition) is 4. The molecular weight excluding hydrogens is 308 g/mol. The lowest BCUT2D eigenvalue weighted by Gasteiger charge is -2.41. The minimum absolute atomic E-state index is 0.221. The molecule has 0 atom stereocenters. The smallest absolute Gasteiger partial charge is 0.309 e. The number of piperidine rings is 1. The summed E-state index contributed by atoms with van der Waals surface area (Å²) >= 11 is 0. The van der Waals surface area contributed by atoms with Crippen LogP contribution in [0, 0.1) is 5.41 Å². The fourth-order valence-electron chi connectivity index (χ4n) is 2.53. The summed E-state index contributed by atoms with van der Waals surface area (Å²) in [6.07, 6.45) is 1.02. The molecule has 0 amide bonds. The van der Waals surface area contributed by atoms with Gasteiger partial charge in [0.2, 0.25) is 0 Å². The van der Waals surface area contributed by atoms with E-state index in [1.807, 2.05) is 20.8 Å². The van der Waals surface area contributed by atoms with Crippen LogP contribution in [0.2, 0.25) is 0 Å². The maximum absolute atomic E-state index is 12.6. The minimum atomic E-state index is -3.57. The summed E-state index contributed by atoms with van der Waals surface area (Å²) in [5, 5.41) is 9.51. The summed E-state index contributed by atoms with van der Waals surface area (Å²) in [7, 11) is -0.484. The third kappa shape index (κ3) is 3.98. The van der Waals surface area contributed by atoms with E-state index in [1.54, 1.807) is 7.05 Å². The highest BCUT2D eigenvalue weighted by Gasteiger charge is 2.45. The van der Waals surface area contributed by atoms with Gasteiger partial charge in [0.15, 0.2) is 0 Å². The Morgan fingerprint density at radius 3 is 2.18 bits per heavy atom. The van der Waals surface area contributed by atoms with Crippen molar-refractivity contribution in [1.82, 2.24) is 8.61 Å². The first-order chi connectivity index (χ1) is 9.97. The maximum atomic E-state index is 12.6. The quantitative estimate of drug-likeness (QED) is 0.786. The molecule has 1 fully saturated rings. The molecule has 1 heterocycles. The van der Waals surface area contributed by atoms with Crippen molar-refractivity contribution >= 4 is 16.2 Å². The normalized spacial score (nSPS) is 20.3. The van der Waals surface area contributed by atoms with Gasteiger partial charge in [-0.05, 0) is 40.0 Å². The van der Waals surface area contributed by atoms with Crippen molar-refractivity contribution in [3.63, 3.8) is 0 Å². The molecule has 0 unspecified atom stereocenters. The highest BCUT2D eigenvalue weighted by atomic mass is 32.2. The molecule has 0 bridgehead atoms. The Hall–Kier alpha value is -0.700. The van der Waals surface area contributed by atoms with Gasteiger partial charge in [-0.2, -0.15) is 17.0 Å². The first-order valence-electron chi connectivity index (χ1n) is 7.44. The first kappa shape index (κ1) is 19.3. The van der Waals surface area contributed by atoms with Crippen LogP contribution in [0.3, 0.4) is 0 Å². The van der Waals surface area contributed by atoms with E-state index in [-0.39, 0.29) is 13.1 Å². The van der Waals surface area contributed by atoms with E-state index in [0.29, 0.717) is 25.9 Å². The van der Waals surface area contributed by atoms with Crippen LogP contribution in [-0.2, 0) is 19.7 Å². The van der Waals surface area contributed by atoms with Gasteiger partial charge in [-0.3, -0.25) is 4.79 Å². The molecule has 0 saturated carbocycles. The summed E-state index contributed by atoms with van der Waals surface area (Å²) in [5.41, 5.74) is -1.40. The Morgan fingerprint density at radius 1 is 1.32 bits per heavy atom. The third-order valence-electron chi connectivity index (χ3n) is 4.53. The summed E-state index contributed by atoms with van der Waals surface area (Å²) in [6.45, 7) is 6.29. The van der Waals surface area contributed by atoms with Gasteiger partial charge in [-0.25, -0.2) is 0 Å². The maximum Gasteiger partial charge on any atom is 0.309 e. The third-order valence-corrected chi connectivity index (χ3v) is 6.79. The molecular formula is C14H28N2O5S. The molecule has 1 saturated heterocycles. The highest BCUT2D eigenvalue weighted by Crippen LogP contribution is 2.37. The van der Waals surface area contributed by atoms with Crippen molar-refractivity contribution in [2.24, 2.45) is 5.41 Å². The van der Waals surface area contributed by atoms with Crippen LogP contribution >= 0.6 is 0 Å². The molecule has 7 nitrogen and oxygen atoms in total. The number of carboxylic acids is 1. The van der Waals surface area contributed by atoms with Gasteiger partial charge in [0.05, 0.1) is 5.41 Å². The molecule has 0 aromatic heterocycles. The predicted molar refractivity (Wildman–Crippen MR) is 83.8 cm³/mol. The largest absolute Gasteiger partial charge is 0.481 e. The average molecular weight is 336 g/mol. The second-order valence-corrected chi connectivity index (χ2v) is 8.83. The van der Waals surface area contributed by atoms with Crippen LogP contribution < -0.4 is 0 Å². The van der Waals surface area contributed by atoms with Crippen molar-refractivity contribution in [1.29, 1.82) is 0 Å². The summed E-state index contributed by atoms with van der Waals surface area (Å²) in [5.74, 6) is -0.870. The standard InChI is InChI=1S/C14H28N2O5S/c1-13(2,3)15(4)22(19,20)16-9-6-14(7-10-16,12(17)18)8-11-21-5/h6-11H2,1-5H3,(H,17,18). The van der Waals surface area contributed by atoms with Crippen LogP contribution in [0.15, 0.2) is 0 Å². The predicted octanol–water partition coefficient (Wildman–Crippen LogP) is 1.16.